The summed E-state index contributed by atoms with van der Waals surface area (Å²) in [6.07, 6.45) is 4.76. The van der Waals surface area contributed by atoms with Crippen LogP contribution in [0.15, 0.2) is 29.3 Å². The van der Waals surface area contributed by atoms with E-state index in [9.17, 15) is 0 Å². The molecule has 0 spiro atoms. The van der Waals surface area contributed by atoms with Crippen LogP contribution in [0.1, 0.15) is 51.1 Å². The molecular formula is C22H36N4O2. The summed E-state index contributed by atoms with van der Waals surface area (Å²) < 4.78 is 11.2. The number of likely N-dealkylation sites (tertiary alicyclic amines) is 1. The van der Waals surface area contributed by atoms with Gasteiger partial charge in [0.25, 0.3) is 0 Å². The van der Waals surface area contributed by atoms with Crippen LogP contribution in [0, 0.1) is 0 Å². The van der Waals surface area contributed by atoms with Crippen molar-refractivity contribution < 1.29 is 9.47 Å². The molecule has 156 valence electrons. The lowest BCUT2D eigenvalue weighted by Crippen LogP contribution is -2.43. The quantitative estimate of drug-likeness (QED) is 0.530. The Hall–Kier alpha value is -1.79. The van der Waals surface area contributed by atoms with Crippen molar-refractivity contribution in [2.45, 2.75) is 51.2 Å². The molecule has 1 aromatic carbocycles. The van der Waals surface area contributed by atoms with E-state index in [4.69, 9.17) is 14.5 Å². The minimum Gasteiger partial charge on any atom is -0.497 e. The Balaban J connectivity index is 1.67. The lowest BCUT2D eigenvalue weighted by Gasteiger charge is -2.29. The molecule has 2 aliphatic heterocycles. The number of hydrogen-bond donors (Lipinski definition) is 2. The first-order valence-electron chi connectivity index (χ1n) is 10.7. The molecular weight excluding hydrogens is 352 g/mol. The van der Waals surface area contributed by atoms with Gasteiger partial charge >= 0.3 is 0 Å². The largest absolute Gasteiger partial charge is 0.497 e. The molecule has 2 N–H and O–H groups in total. The second-order valence-corrected chi connectivity index (χ2v) is 8.01. The monoisotopic (exact) mass is 388 g/mol. The average Bonchev–Trinajstić information content (AvgIpc) is 3.39. The molecule has 28 heavy (non-hydrogen) atoms. The maximum absolute atomic E-state index is 5.88. The van der Waals surface area contributed by atoms with Crippen LogP contribution in [0.25, 0.3) is 0 Å². The highest BCUT2D eigenvalue weighted by Crippen LogP contribution is 2.27. The summed E-state index contributed by atoms with van der Waals surface area (Å²) >= 11 is 0. The third-order valence-corrected chi connectivity index (χ3v) is 5.76. The lowest BCUT2D eigenvalue weighted by molar-refractivity contribution is 0.0283. The zero-order valence-electron chi connectivity index (χ0n) is 17.7. The number of aliphatic imine (C=N–C) groups is 1. The Labute approximate surface area is 169 Å². The number of nitrogens with one attached hydrogen (secondary N) is 2. The van der Waals surface area contributed by atoms with E-state index in [1.807, 2.05) is 0 Å². The Bertz CT molecular complexity index is 620. The van der Waals surface area contributed by atoms with E-state index in [0.29, 0.717) is 12.6 Å². The Kier molecular flexibility index (Phi) is 7.57. The summed E-state index contributed by atoms with van der Waals surface area (Å²) in [5.41, 5.74) is 1.20. The predicted molar refractivity (Wildman–Crippen MR) is 114 cm³/mol. The molecule has 0 radical (unpaired) electrons. The smallest absolute Gasteiger partial charge is 0.191 e. The standard InChI is InChI=1S/C22H36N4O2/c1-4-23-21(25-17-22(2)12-7-15-28-22)24-16-20(26-13-5-6-14-26)18-8-10-19(27-3)11-9-18/h8-11,20H,4-7,12-17H2,1-3H3,(H2,23,24,25). The van der Waals surface area contributed by atoms with Gasteiger partial charge in [-0.15, -0.1) is 0 Å². The van der Waals surface area contributed by atoms with Crippen LogP contribution in [0.5, 0.6) is 5.75 Å². The maximum Gasteiger partial charge on any atom is 0.191 e. The van der Waals surface area contributed by atoms with Crippen molar-refractivity contribution in [2.24, 2.45) is 4.99 Å². The summed E-state index contributed by atoms with van der Waals surface area (Å²) in [5.74, 6) is 1.77. The van der Waals surface area contributed by atoms with E-state index in [1.165, 1.54) is 18.4 Å². The van der Waals surface area contributed by atoms with Gasteiger partial charge in [0.2, 0.25) is 0 Å². The fourth-order valence-electron chi connectivity index (χ4n) is 4.08. The van der Waals surface area contributed by atoms with Crippen LogP contribution in [0.2, 0.25) is 0 Å². The van der Waals surface area contributed by atoms with Crippen molar-refractivity contribution in [1.82, 2.24) is 15.5 Å². The summed E-state index contributed by atoms with van der Waals surface area (Å²) in [6, 6.07) is 8.80. The van der Waals surface area contributed by atoms with Gasteiger partial charge in [-0.05, 0) is 70.3 Å². The zero-order valence-corrected chi connectivity index (χ0v) is 17.7. The number of benzene rings is 1. The van der Waals surface area contributed by atoms with Gasteiger partial charge in [-0.25, -0.2) is 0 Å². The van der Waals surface area contributed by atoms with Crippen LogP contribution in [-0.4, -0.2) is 62.9 Å². The predicted octanol–water partition coefficient (Wildman–Crippen LogP) is 2.96. The fraction of sp³-hybridized carbons (Fsp3) is 0.682. The first-order valence-corrected chi connectivity index (χ1v) is 10.7. The van der Waals surface area contributed by atoms with Gasteiger partial charge in [0.1, 0.15) is 5.75 Å². The van der Waals surface area contributed by atoms with E-state index in [1.54, 1.807) is 7.11 Å². The minimum absolute atomic E-state index is 0.118. The highest BCUT2D eigenvalue weighted by atomic mass is 16.5. The maximum atomic E-state index is 5.88. The van der Waals surface area contributed by atoms with Crippen LogP contribution in [0.3, 0.4) is 0 Å². The zero-order chi connectivity index (χ0) is 19.8. The highest BCUT2D eigenvalue weighted by Gasteiger charge is 2.29. The van der Waals surface area contributed by atoms with Crippen molar-refractivity contribution in [1.29, 1.82) is 0 Å². The Morgan fingerprint density at radius 1 is 1.21 bits per heavy atom. The molecule has 0 aromatic heterocycles. The van der Waals surface area contributed by atoms with Crippen LogP contribution < -0.4 is 15.4 Å². The van der Waals surface area contributed by atoms with E-state index in [0.717, 1.165) is 57.3 Å². The van der Waals surface area contributed by atoms with Gasteiger partial charge < -0.3 is 20.1 Å². The summed E-state index contributed by atoms with van der Waals surface area (Å²) in [6.45, 7) is 9.79. The molecule has 2 aliphatic rings. The third kappa shape index (κ3) is 5.61. The molecule has 0 aliphatic carbocycles. The number of hydrogen-bond acceptors (Lipinski definition) is 4. The topological polar surface area (TPSA) is 58.1 Å². The molecule has 3 rings (SSSR count). The molecule has 6 nitrogen and oxygen atoms in total. The average molecular weight is 389 g/mol. The van der Waals surface area contributed by atoms with E-state index >= 15 is 0 Å². The van der Waals surface area contributed by atoms with Gasteiger partial charge in [0.15, 0.2) is 5.96 Å². The Morgan fingerprint density at radius 3 is 2.57 bits per heavy atom. The van der Waals surface area contributed by atoms with Crippen molar-refractivity contribution >= 4 is 5.96 Å². The van der Waals surface area contributed by atoms with E-state index in [-0.39, 0.29) is 5.60 Å². The molecule has 2 atom stereocenters. The van der Waals surface area contributed by atoms with E-state index in [2.05, 4.69) is 53.6 Å². The highest BCUT2D eigenvalue weighted by molar-refractivity contribution is 5.79. The summed E-state index contributed by atoms with van der Waals surface area (Å²) in [7, 11) is 1.71. The van der Waals surface area contributed by atoms with Gasteiger partial charge in [-0.3, -0.25) is 9.89 Å². The molecule has 2 heterocycles. The SMILES string of the molecule is CCNC(=NCC1(C)CCCO1)NCC(c1ccc(OC)cc1)N1CCCC1. The molecule has 2 saturated heterocycles. The second kappa shape index (κ2) is 10.1. The van der Waals surface area contributed by atoms with Crippen LogP contribution in [-0.2, 0) is 4.74 Å². The molecule has 1 aromatic rings. The Morgan fingerprint density at radius 2 is 1.96 bits per heavy atom. The second-order valence-electron chi connectivity index (χ2n) is 8.01. The molecule has 2 unspecified atom stereocenters. The molecule has 0 amide bonds. The number of ether oxygens (including phenoxy) is 2. The summed E-state index contributed by atoms with van der Waals surface area (Å²) in [5, 5.41) is 6.96. The van der Waals surface area contributed by atoms with Crippen molar-refractivity contribution in [2.75, 3.05) is 46.4 Å². The van der Waals surface area contributed by atoms with Crippen molar-refractivity contribution in [3.8, 4) is 5.75 Å². The molecule has 6 heteroatoms. The van der Waals surface area contributed by atoms with Gasteiger partial charge in [-0.1, -0.05) is 12.1 Å². The molecule has 0 bridgehead atoms. The van der Waals surface area contributed by atoms with Gasteiger partial charge in [0.05, 0.1) is 25.3 Å². The number of guanidine groups is 1. The van der Waals surface area contributed by atoms with E-state index < -0.39 is 0 Å². The van der Waals surface area contributed by atoms with Gasteiger partial charge in [0, 0.05) is 19.7 Å². The normalized spacial score (nSPS) is 24.3. The molecule has 0 saturated carbocycles. The third-order valence-electron chi connectivity index (χ3n) is 5.76. The van der Waals surface area contributed by atoms with Gasteiger partial charge in [-0.2, -0.15) is 0 Å². The van der Waals surface area contributed by atoms with Crippen LogP contribution >= 0.6 is 0 Å². The number of methoxy groups -OCH3 is 1. The summed E-state index contributed by atoms with van der Waals surface area (Å²) in [4.78, 5) is 7.39. The molecule has 2 fully saturated rings. The number of nitrogens with zero attached hydrogens (tertiary/aromatic N) is 2. The first kappa shape index (κ1) is 20.9. The lowest BCUT2D eigenvalue weighted by atomic mass is 10.0. The fourth-order valence-corrected chi connectivity index (χ4v) is 4.08. The number of rotatable bonds is 8. The van der Waals surface area contributed by atoms with Crippen molar-refractivity contribution in [3.05, 3.63) is 29.8 Å². The minimum atomic E-state index is -0.118. The van der Waals surface area contributed by atoms with Crippen LogP contribution in [0.4, 0.5) is 0 Å². The van der Waals surface area contributed by atoms with Crippen molar-refractivity contribution in [3.63, 3.8) is 0 Å². The first-order chi connectivity index (χ1) is 13.6.